The lowest BCUT2D eigenvalue weighted by molar-refractivity contribution is -0.138. The molecule has 0 spiro atoms. The van der Waals surface area contributed by atoms with Gasteiger partial charge in [-0.1, -0.05) is 33.3 Å². The molecule has 0 fully saturated rings. The summed E-state index contributed by atoms with van der Waals surface area (Å²) in [5.41, 5.74) is 0. The molecule has 0 aliphatic carbocycles. The fraction of sp³-hybridized carbons (Fsp3) is 0.727. The second-order valence-corrected chi connectivity index (χ2v) is 3.54. The van der Waals surface area contributed by atoms with E-state index in [4.69, 9.17) is 4.74 Å². The van der Waals surface area contributed by atoms with Crippen molar-refractivity contribution in [3.63, 3.8) is 0 Å². The van der Waals surface area contributed by atoms with Gasteiger partial charge in [0, 0.05) is 6.08 Å². The third kappa shape index (κ3) is 9.12. The number of carbonyl (C=O) groups is 1. The highest BCUT2D eigenvalue weighted by Gasteiger charge is 1.97. The highest BCUT2D eigenvalue weighted by Crippen LogP contribution is 1.99. The Labute approximate surface area is 81.0 Å². The monoisotopic (exact) mass is 184 g/mol. The predicted octanol–water partition coefficient (Wildman–Crippen LogP) is 2.93. The van der Waals surface area contributed by atoms with E-state index in [2.05, 4.69) is 20.8 Å². The van der Waals surface area contributed by atoms with Gasteiger partial charge < -0.3 is 4.74 Å². The molecular weight excluding hydrogens is 164 g/mol. The van der Waals surface area contributed by atoms with Gasteiger partial charge in [0.15, 0.2) is 0 Å². The average Bonchev–Trinajstić information content (AvgIpc) is 2.04. The summed E-state index contributed by atoms with van der Waals surface area (Å²) < 4.78 is 4.97. The molecule has 0 aromatic rings. The minimum Gasteiger partial charge on any atom is -0.463 e. The minimum absolute atomic E-state index is 0.214. The van der Waals surface area contributed by atoms with E-state index in [1.807, 2.05) is 6.08 Å². The van der Waals surface area contributed by atoms with Gasteiger partial charge in [-0.05, 0) is 18.8 Å². The van der Waals surface area contributed by atoms with Gasteiger partial charge in [0.1, 0.15) is 0 Å². The fourth-order valence-electron chi connectivity index (χ4n) is 0.790. The van der Waals surface area contributed by atoms with Crippen LogP contribution in [0.25, 0.3) is 0 Å². The van der Waals surface area contributed by atoms with Gasteiger partial charge in [-0.2, -0.15) is 0 Å². The molecule has 0 amide bonds. The Bertz CT molecular complexity index is 159. The quantitative estimate of drug-likeness (QED) is 0.468. The lowest BCUT2D eigenvalue weighted by atomic mass is 10.1. The van der Waals surface area contributed by atoms with Crippen LogP contribution in [0.4, 0.5) is 0 Å². The van der Waals surface area contributed by atoms with E-state index in [0.717, 1.165) is 19.3 Å². The molecule has 0 radical (unpaired) electrons. The van der Waals surface area contributed by atoms with E-state index in [0.29, 0.717) is 12.5 Å². The number of allylic oxidation sites excluding steroid dienone is 1. The van der Waals surface area contributed by atoms with Crippen LogP contribution in [0.15, 0.2) is 12.2 Å². The Kier molecular flexibility index (Phi) is 7.36. The van der Waals surface area contributed by atoms with Gasteiger partial charge in [-0.25, -0.2) is 4.79 Å². The van der Waals surface area contributed by atoms with Crippen LogP contribution < -0.4 is 0 Å². The Balaban J connectivity index is 3.40. The topological polar surface area (TPSA) is 26.3 Å². The second kappa shape index (κ2) is 7.84. The minimum atomic E-state index is -0.214. The largest absolute Gasteiger partial charge is 0.463 e. The molecule has 0 saturated carbocycles. The molecule has 2 nitrogen and oxygen atoms in total. The van der Waals surface area contributed by atoms with Gasteiger partial charge in [0.2, 0.25) is 0 Å². The third-order valence-electron chi connectivity index (χ3n) is 1.65. The van der Waals surface area contributed by atoms with Crippen molar-refractivity contribution >= 4 is 5.97 Å². The van der Waals surface area contributed by atoms with Gasteiger partial charge in [-0.15, -0.1) is 0 Å². The van der Waals surface area contributed by atoms with Crippen molar-refractivity contribution in [3.8, 4) is 0 Å². The molecule has 0 rings (SSSR count). The van der Waals surface area contributed by atoms with E-state index >= 15 is 0 Å². The van der Waals surface area contributed by atoms with Gasteiger partial charge in [0.25, 0.3) is 0 Å². The van der Waals surface area contributed by atoms with E-state index in [1.54, 1.807) is 0 Å². The first-order valence-electron chi connectivity index (χ1n) is 5.00. The van der Waals surface area contributed by atoms with Crippen molar-refractivity contribution in [2.75, 3.05) is 6.61 Å². The van der Waals surface area contributed by atoms with E-state index in [9.17, 15) is 4.79 Å². The van der Waals surface area contributed by atoms with Crippen molar-refractivity contribution < 1.29 is 9.53 Å². The molecule has 0 bridgehead atoms. The molecule has 0 unspecified atom stereocenters. The van der Waals surface area contributed by atoms with Crippen molar-refractivity contribution in [3.05, 3.63) is 12.2 Å². The summed E-state index contributed by atoms with van der Waals surface area (Å²) in [4.78, 5) is 11.0. The number of hydrogen-bond acceptors (Lipinski definition) is 2. The summed E-state index contributed by atoms with van der Waals surface area (Å²) in [7, 11) is 0. The van der Waals surface area contributed by atoms with Crippen LogP contribution >= 0.6 is 0 Å². The SMILES string of the molecule is CCCC=CC(=O)OCCC(C)C. The maximum Gasteiger partial charge on any atom is 0.330 e. The van der Waals surface area contributed by atoms with Crippen molar-refractivity contribution in [1.29, 1.82) is 0 Å². The number of ether oxygens (including phenoxy) is 1. The molecule has 0 aromatic carbocycles. The summed E-state index contributed by atoms with van der Waals surface area (Å²) in [6.07, 6.45) is 6.32. The van der Waals surface area contributed by atoms with Crippen LogP contribution in [0.1, 0.15) is 40.0 Å². The summed E-state index contributed by atoms with van der Waals surface area (Å²) in [6, 6.07) is 0. The predicted molar refractivity (Wildman–Crippen MR) is 54.5 cm³/mol. The number of esters is 1. The molecule has 0 atom stereocenters. The molecule has 0 aliphatic heterocycles. The smallest absolute Gasteiger partial charge is 0.330 e. The lowest BCUT2D eigenvalue weighted by Crippen LogP contribution is -2.04. The zero-order chi connectivity index (χ0) is 10.1. The average molecular weight is 184 g/mol. The molecule has 76 valence electrons. The summed E-state index contributed by atoms with van der Waals surface area (Å²) in [6.45, 7) is 6.84. The Morgan fingerprint density at radius 3 is 2.69 bits per heavy atom. The molecule has 0 heterocycles. The van der Waals surface area contributed by atoms with Gasteiger partial charge >= 0.3 is 5.97 Å². The Morgan fingerprint density at radius 1 is 1.46 bits per heavy atom. The Morgan fingerprint density at radius 2 is 2.15 bits per heavy atom. The van der Waals surface area contributed by atoms with Gasteiger partial charge in [-0.3, -0.25) is 0 Å². The summed E-state index contributed by atoms with van der Waals surface area (Å²) in [5.74, 6) is 0.376. The molecular formula is C11H20O2. The van der Waals surface area contributed by atoms with Crippen molar-refractivity contribution in [2.24, 2.45) is 5.92 Å². The second-order valence-electron chi connectivity index (χ2n) is 3.54. The molecule has 0 saturated heterocycles. The van der Waals surface area contributed by atoms with Gasteiger partial charge in [0.05, 0.1) is 6.61 Å². The number of unbranched alkanes of at least 4 members (excludes halogenated alkanes) is 1. The zero-order valence-corrected chi connectivity index (χ0v) is 8.88. The number of carbonyl (C=O) groups excluding carboxylic acids is 1. The lowest BCUT2D eigenvalue weighted by Gasteiger charge is -2.03. The number of hydrogen-bond donors (Lipinski definition) is 0. The first-order valence-corrected chi connectivity index (χ1v) is 5.00. The third-order valence-corrected chi connectivity index (χ3v) is 1.65. The maximum atomic E-state index is 11.0. The van der Waals surface area contributed by atoms with Crippen molar-refractivity contribution in [2.45, 2.75) is 40.0 Å². The Hall–Kier alpha value is -0.790. The highest BCUT2D eigenvalue weighted by atomic mass is 16.5. The standard InChI is InChI=1S/C11H20O2/c1-4-5-6-7-11(12)13-9-8-10(2)3/h6-7,10H,4-5,8-9H2,1-3H3. The van der Waals surface area contributed by atoms with Crippen LogP contribution in [0, 0.1) is 5.92 Å². The number of rotatable bonds is 6. The normalized spacial score (nSPS) is 11.1. The summed E-state index contributed by atoms with van der Waals surface area (Å²) in [5, 5.41) is 0. The van der Waals surface area contributed by atoms with E-state index in [-0.39, 0.29) is 5.97 Å². The van der Waals surface area contributed by atoms with E-state index < -0.39 is 0 Å². The van der Waals surface area contributed by atoms with Crippen LogP contribution in [-0.2, 0) is 9.53 Å². The van der Waals surface area contributed by atoms with Crippen LogP contribution in [-0.4, -0.2) is 12.6 Å². The van der Waals surface area contributed by atoms with Crippen LogP contribution in [0.5, 0.6) is 0 Å². The van der Waals surface area contributed by atoms with E-state index in [1.165, 1.54) is 6.08 Å². The fourth-order valence-corrected chi connectivity index (χ4v) is 0.790. The maximum absolute atomic E-state index is 11.0. The molecule has 13 heavy (non-hydrogen) atoms. The highest BCUT2D eigenvalue weighted by molar-refractivity contribution is 5.81. The molecule has 2 heteroatoms. The molecule has 0 aromatic heterocycles. The first kappa shape index (κ1) is 12.2. The molecule has 0 N–H and O–H groups in total. The summed E-state index contributed by atoms with van der Waals surface area (Å²) >= 11 is 0. The molecule has 0 aliphatic rings. The van der Waals surface area contributed by atoms with Crippen LogP contribution in [0.3, 0.4) is 0 Å². The van der Waals surface area contributed by atoms with Crippen LogP contribution in [0.2, 0.25) is 0 Å². The first-order chi connectivity index (χ1) is 6.16. The van der Waals surface area contributed by atoms with Crippen molar-refractivity contribution in [1.82, 2.24) is 0 Å². The zero-order valence-electron chi connectivity index (χ0n) is 8.88.